The number of hydrogen-bond donors (Lipinski definition) is 0. The Morgan fingerprint density at radius 2 is 2.11 bits per heavy atom. The molecule has 1 fully saturated rings. The van der Waals surface area contributed by atoms with Crippen LogP contribution < -0.4 is 0 Å². The second kappa shape index (κ2) is 5.12. The van der Waals surface area contributed by atoms with Gasteiger partial charge in [0.05, 0.1) is 0 Å². The summed E-state index contributed by atoms with van der Waals surface area (Å²) < 4.78 is 0. The number of hydrogen-bond acceptors (Lipinski definition) is 2. The monoisotopic (exact) mass is 280 g/mol. The van der Waals surface area contributed by atoms with Crippen LogP contribution in [0.15, 0.2) is 12.1 Å². The maximum Gasteiger partial charge on any atom is 0.254 e. The van der Waals surface area contributed by atoms with Crippen molar-refractivity contribution in [2.24, 2.45) is 5.41 Å². The van der Waals surface area contributed by atoms with Gasteiger partial charge in [0.15, 0.2) is 0 Å². The van der Waals surface area contributed by atoms with Crippen LogP contribution in [0, 0.1) is 5.41 Å². The molecular weight excluding hydrogens is 260 g/mol. The average molecular weight is 281 g/mol. The quantitative estimate of drug-likeness (QED) is 0.774. The fourth-order valence-electron chi connectivity index (χ4n) is 2.40. The summed E-state index contributed by atoms with van der Waals surface area (Å²) in [6.07, 6.45) is 1.05. The molecule has 2 heterocycles. The highest BCUT2D eigenvalue weighted by Crippen LogP contribution is 2.30. The van der Waals surface area contributed by atoms with Gasteiger partial charge < -0.3 is 4.90 Å². The van der Waals surface area contributed by atoms with Crippen molar-refractivity contribution < 1.29 is 4.79 Å². The van der Waals surface area contributed by atoms with Crippen LogP contribution in [0.1, 0.15) is 56.1 Å². The summed E-state index contributed by atoms with van der Waals surface area (Å²) in [5.74, 6) is 0.331. The van der Waals surface area contributed by atoms with Crippen molar-refractivity contribution in [3.8, 4) is 0 Å². The zero-order valence-electron chi connectivity index (χ0n) is 12.0. The van der Waals surface area contributed by atoms with Gasteiger partial charge in [0.25, 0.3) is 5.91 Å². The first-order valence-corrected chi connectivity index (χ1v) is 7.13. The lowest BCUT2D eigenvalue weighted by atomic mass is 9.93. The molecule has 3 nitrogen and oxygen atoms in total. The second-order valence-electron chi connectivity index (χ2n) is 6.40. The number of carbonyl (C=O) groups is 1. The van der Waals surface area contributed by atoms with Crippen LogP contribution in [0.5, 0.6) is 0 Å². The summed E-state index contributed by atoms with van der Waals surface area (Å²) >= 11 is 6.02. The normalized spacial score (nSPS) is 18.1. The Kier molecular flexibility index (Phi) is 3.86. The Morgan fingerprint density at radius 3 is 2.63 bits per heavy atom. The SMILES string of the molecule is CC(C)c1cc(C(=O)N2CCC(C)(C)C2)cc(Cl)n1. The Labute approximate surface area is 120 Å². The largest absolute Gasteiger partial charge is 0.338 e. The Hall–Kier alpha value is -1.09. The number of amides is 1. The Morgan fingerprint density at radius 1 is 1.42 bits per heavy atom. The Balaban J connectivity index is 2.24. The molecule has 19 heavy (non-hydrogen) atoms. The molecule has 0 atom stereocenters. The van der Waals surface area contributed by atoms with E-state index in [2.05, 4.69) is 18.8 Å². The van der Waals surface area contributed by atoms with Gasteiger partial charge in [-0.15, -0.1) is 0 Å². The van der Waals surface area contributed by atoms with Crippen LogP contribution in [-0.2, 0) is 0 Å². The van der Waals surface area contributed by atoms with E-state index >= 15 is 0 Å². The molecule has 0 spiro atoms. The lowest BCUT2D eigenvalue weighted by Crippen LogP contribution is -2.30. The van der Waals surface area contributed by atoms with E-state index in [1.54, 1.807) is 6.07 Å². The van der Waals surface area contributed by atoms with Crippen molar-refractivity contribution in [1.82, 2.24) is 9.88 Å². The van der Waals surface area contributed by atoms with Crippen LogP contribution in [-0.4, -0.2) is 28.9 Å². The first kappa shape index (κ1) is 14.3. The van der Waals surface area contributed by atoms with Gasteiger partial charge in [-0.05, 0) is 29.9 Å². The van der Waals surface area contributed by atoms with E-state index in [-0.39, 0.29) is 17.2 Å². The van der Waals surface area contributed by atoms with Crippen LogP contribution in [0.3, 0.4) is 0 Å². The highest BCUT2D eigenvalue weighted by atomic mass is 35.5. The van der Waals surface area contributed by atoms with Crippen LogP contribution in [0.2, 0.25) is 5.15 Å². The third-order valence-corrected chi connectivity index (χ3v) is 3.81. The molecule has 0 N–H and O–H groups in total. The van der Waals surface area contributed by atoms with Gasteiger partial charge >= 0.3 is 0 Å². The summed E-state index contributed by atoms with van der Waals surface area (Å²) in [4.78, 5) is 18.7. The van der Waals surface area contributed by atoms with E-state index in [4.69, 9.17) is 11.6 Å². The number of rotatable bonds is 2. The standard InChI is InChI=1S/C15H21ClN2O/c1-10(2)12-7-11(8-13(16)17-12)14(19)18-6-5-15(3,4)9-18/h7-8,10H,5-6,9H2,1-4H3. The number of pyridine rings is 1. The molecule has 1 aromatic heterocycles. The van der Waals surface area contributed by atoms with E-state index < -0.39 is 0 Å². The summed E-state index contributed by atoms with van der Waals surface area (Å²) in [6.45, 7) is 10.1. The highest BCUT2D eigenvalue weighted by molar-refractivity contribution is 6.29. The molecule has 0 aliphatic carbocycles. The van der Waals surface area contributed by atoms with Crippen LogP contribution in [0.4, 0.5) is 0 Å². The van der Waals surface area contributed by atoms with Crippen molar-refractivity contribution in [2.45, 2.75) is 40.0 Å². The van der Waals surface area contributed by atoms with E-state index in [0.29, 0.717) is 10.7 Å². The molecule has 1 saturated heterocycles. The number of nitrogens with zero attached hydrogens (tertiary/aromatic N) is 2. The van der Waals surface area contributed by atoms with Gasteiger partial charge in [-0.3, -0.25) is 4.79 Å². The van der Waals surface area contributed by atoms with E-state index in [1.807, 2.05) is 24.8 Å². The van der Waals surface area contributed by atoms with Gasteiger partial charge in [0.2, 0.25) is 0 Å². The molecule has 0 aromatic carbocycles. The van der Waals surface area contributed by atoms with Crippen LogP contribution >= 0.6 is 11.6 Å². The van der Waals surface area contributed by atoms with E-state index in [9.17, 15) is 4.79 Å². The van der Waals surface area contributed by atoms with E-state index in [1.165, 1.54) is 0 Å². The molecule has 2 rings (SSSR count). The minimum absolute atomic E-state index is 0.0665. The topological polar surface area (TPSA) is 33.2 Å². The molecule has 1 aliphatic rings. The predicted octanol–water partition coefficient (Wildman–Crippen LogP) is 3.73. The highest BCUT2D eigenvalue weighted by Gasteiger charge is 2.32. The molecule has 4 heteroatoms. The summed E-state index contributed by atoms with van der Waals surface area (Å²) in [7, 11) is 0. The summed E-state index contributed by atoms with van der Waals surface area (Å²) in [5.41, 5.74) is 1.74. The molecule has 0 bridgehead atoms. The fraction of sp³-hybridized carbons (Fsp3) is 0.600. The van der Waals surface area contributed by atoms with Gasteiger partial charge in [-0.2, -0.15) is 0 Å². The lowest BCUT2D eigenvalue weighted by Gasteiger charge is -2.20. The van der Waals surface area contributed by atoms with Crippen molar-refractivity contribution in [1.29, 1.82) is 0 Å². The van der Waals surface area contributed by atoms with Gasteiger partial charge in [-0.25, -0.2) is 4.98 Å². The maximum atomic E-state index is 12.5. The van der Waals surface area contributed by atoms with Crippen molar-refractivity contribution >= 4 is 17.5 Å². The lowest BCUT2D eigenvalue weighted by molar-refractivity contribution is 0.0778. The zero-order valence-corrected chi connectivity index (χ0v) is 12.8. The van der Waals surface area contributed by atoms with Gasteiger partial charge in [0.1, 0.15) is 5.15 Å². The first-order valence-electron chi connectivity index (χ1n) is 6.75. The van der Waals surface area contributed by atoms with Crippen molar-refractivity contribution in [3.05, 3.63) is 28.5 Å². The predicted molar refractivity (Wildman–Crippen MR) is 77.6 cm³/mol. The minimum Gasteiger partial charge on any atom is -0.338 e. The minimum atomic E-state index is 0.0665. The number of aromatic nitrogens is 1. The average Bonchev–Trinajstić information content (AvgIpc) is 2.68. The molecule has 104 valence electrons. The molecule has 1 amide bonds. The fourth-order valence-corrected chi connectivity index (χ4v) is 2.62. The number of likely N-dealkylation sites (tertiary alicyclic amines) is 1. The molecule has 1 aliphatic heterocycles. The van der Waals surface area contributed by atoms with Gasteiger partial charge in [0, 0.05) is 24.3 Å². The third kappa shape index (κ3) is 3.27. The number of halogens is 1. The number of carbonyl (C=O) groups excluding carboxylic acids is 1. The summed E-state index contributed by atoms with van der Waals surface area (Å²) in [5, 5.41) is 0.396. The molecular formula is C15H21ClN2O. The van der Waals surface area contributed by atoms with Gasteiger partial charge in [-0.1, -0.05) is 39.3 Å². The molecule has 1 aromatic rings. The van der Waals surface area contributed by atoms with Crippen molar-refractivity contribution in [2.75, 3.05) is 13.1 Å². The zero-order chi connectivity index (χ0) is 14.2. The first-order chi connectivity index (χ1) is 8.78. The van der Waals surface area contributed by atoms with Crippen molar-refractivity contribution in [3.63, 3.8) is 0 Å². The van der Waals surface area contributed by atoms with Crippen LogP contribution in [0.25, 0.3) is 0 Å². The smallest absolute Gasteiger partial charge is 0.254 e. The second-order valence-corrected chi connectivity index (χ2v) is 6.79. The van der Waals surface area contributed by atoms with E-state index in [0.717, 1.165) is 25.2 Å². The molecule has 0 saturated carbocycles. The molecule has 0 unspecified atom stereocenters. The Bertz CT molecular complexity index is 497. The summed E-state index contributed by atoms with van der Waals surface area (Å²) in [6, 6.07) is 3.53. The third-order valence-electron chi connectivity index (χ3n) is 3.62. The maximum absolute atomic E-state index is 12.5. The molecule has 0 radical (unpaired) electrons.